The third-order valence-electron chi connectivity index (χ3n) is 4.67. The second-order valence-electron chi connectivity index (χ2n) is 7.07. The third-order valence-corrected chi connectivity index (χ3v) is 4.67. The maximum Gasteiger partial charge on any atom is 0.292 e. The average Bonchev–Trinajstić information content (AvgIpc) is 3.44. The Morgan fingerprint density at radius 2 is 1.74 bits per heavy atom. The lowest BCUT2D eigenvalue weighted by Gasteiger charge is -2.05. The molecule has 0 saturated carbocycles. The number of nitrogens with zero attached hydrogens (tertiary/aromatic N) is 2. The third kappa shape index (κ3) is 5.33. The number of nitrogens with one attached hydrogen (secondary N) is 1. The van der Waals surface area contributed by atoms with E-state index in [1.807, 2.05) is 30.5 Å². The molecule has 4 rings (SSSR count). The first-order valence-electron chi connectivity index (χ1n) is 9.85. The Balaban J connectivity index is 1.31. The van der Waals surface area contributed by atoms with E-state index in [2.05, 4.69) is 41.6 Å². The largest absolute Gasteiger partial charge is 0.497 e. The van der Waals surface area contributed by atoms with Gasteiger partial charge in [0.25, 0.3) is 5.91 Å². The first kappa shape index (κ1) is 20.3. The molecule has 0 unspecified atom stereocenters. The minimum Gasteiger partial charge on any atom is -0.497 e. The molecule has 0 aliphatic rings. The van der Waals surface area contributed by atoms with Gasteiger partial charge < -0.3 is 19.2 Å². The summed E-state index contributed by atoms with van der Waals surface area (Å²) >= 11 is 0. The zero-order valence-electron chi connectivity index (χ0n) is 17.4. The van der Waals surface area contributed by atoms with E-state index in [4.69, 9.17) is 13.9 Å². The van der Waals surface area contributed by atoms with Crippen molar-refractivity contribution in [1.82, 2.24) is 9.78 Å². The number of rotatable bonds is 8. The van der Waals surface area contributed by atoms with Gasteiger partial charge in [-0.15, -0.1) is 0 Å². The number of carbonyl (C=O) groups is 1. The van der Waals surface area contributed by atoms with Crippen molar-refractivity contribution in [3.63, 3.8) is 0 Å². The molecule has 0 saturated heterocycles. The smallest absolute Gasteiger partial charge is 0.292 e. The summed E-state index contributed by atoms with van der Waals surface area (Å²) in [6.07, 6.45) is 1.83. The van der Waals surface area contributed by atoms with Crippen LogP contribution in [0.4, 0.5) is 5.82 Å². The van der Waals surface area contributed by atoms with E-state index in [9.17, 15) is 4.79 Å². The maximum atomic E-state index is 12.5. The van der Waals surface area contributed by atoms with Crippen molar-refractivity contribution in [2.24, 2.45) is 0 Å². The van der Waals surface area contributed by atoms with Crippen molar-refractivity contribution in [3.05, 3.63) is 95.6 Å². The van der Waals surface area contributed by atoms with E-state index in [1.165, 1.54) is 5.56 Å². The van der Waals surface area contributed by atoms with Crippen molar-refractivity contribution >= 4 is 11.7 Å². The van der Waals surface area contributed by atoms with Crippen LogP contribution in [0.1, 0.15) is 27.4 Å². The monoisotopic (exact) mass is 417 g/mol. The topological polar surface area (TPSA) is 78.5 Å². The van der Waals surface area contributed by atoms with E-state index < -0.39 is 0 Å². The Labute approximate surface area is 180 Å². The normalized spacial score (nSPS) is 10.6. The Hall–Kier alpha value is -4.00. The highest BCUT2D eigenvalue weighted by Gasteiger charge is 2.13. The highest BCUT2D eigenvalue weighted by atomic mass is 16.5. The molecule has 2 aromatic heterocycles. The van der Waals surface area contributed by atoms with E-state index in [0.717, 1.165) is 11.3 Å². The minimum atomic E-state index is -0.365. The molecule has 0 radical (unpaired) electrons. The van der Waals surface area contributed by atoms with Gasteiger partial charge in [0.1, 0.15) is 23.9 Å². The number of anilines is 1. The van der Waals surface area contributed by atoms with Gasteiger partial charge in [0.2, 0.25) is 0 Å². The standard InChI is InChI=1S/C24H23N3O4/c1-17-3-5-18(6-4-17)15-27-14-13-23(26-27)25-24(28)22-12-11-21(31-22)16-30-20-9-7-19(29-2)8-10-20/h3-14H,15-16H2,1-2H3,(H,25,26,28). The fourth-order valence-corrected chi connectivity index (χ4v) is 2.98. The summed E-state index contributed by atoms with van der Waals surface area (Å²) in [5.41, 5.74) is 2.35. The molecular formula is C24H23N3O4. The van der Waals surface area contributed by atoms with Crippen LogP contribution in [0.3, 0.4) is 0 Å². The quantitative estimate of drug-likeness (QED) is 0.451. The number of carbonyl (C=O) groups excluding carboxylic acids is 1. The zero-order chi connectivity index (χ0) is 21.6. The van der Waals surface area contributed by atoms with Gasteiger partial charge in [0, 0.05) is 12.3 Å². The molecule has 0 spiro atoms. The lowest BCUT2D eigenvalue weighted by molar-refractivity contribution is 0.0992. The molecule has 0 fully saturated rings. The number of hydrogen-bond acceptors (Lipinski definition) is 5. The van der Waals surface area contributed by atoms with E-state index in [0.29, 0.717) is 23.9 Å². The van der Waals surface area contributed by atoms with Crippen LogP contribution in [-0.2, 0) is 13.2 Å². The highest BCUT2D eigenvalue weighted by Crippen LogP contribution is 2.19. The molecule has 2 heterocycles. The highest BCUT2D eigenvalue weighted by molar-refractivity contribution is 6.01. The molecule has 0 aliphatic carbocycles. The summed E-state index contributed by atoms with van der Waals surface area (Å²) < 4.78 is 18.2. The fourth-order valence-electron chi connectivity index (χ4n) is 2.98. The molecular weight excluding hydrogens is 394 g/mol. The van der Waals surface area contributed by atoms with Crippen molar-refractivity contribution in [2.45, 2.75) is 20.1 Å². The number of benzene rings is 2. The number of ether oxygens (including phenoxy) is 2. The first-order valence-corrected chi connectivity index (χ1v) is 9.85. The Bertz CT molecular complexity index is 1140. The molecule has 7 heteroatoms. The summed E-state index contributed by atoms with van der Waals surface area (Å²) in [7, 11) is 1.61. The summed E-state index contributed by atoms with van der Waals surface area (Å²) in [5.74, 6) is 2.28. The number of methoxy groups -OCH3 is 1. The predicted octanol–water partition coefficient (Wildman–Crippen LogP) is 4.67. The summed E-state index contributed by atoms with van der Waals surface area (Å²) in [4.78, 5) is 12.5. The number of hydrogen-bond donors (Lipinski definition) is 1. The molecule has 158 valence electrons. The second-order valence-corrected chi connectivity index (χ2v) is 7.07. The molecule has 1 amide bonds. The van der Waals surface area contributed by atoms with Crippen LogP contribution in [0, 0.1) is 6.92 Å². The molecule has 7 nitrogen and oxygen atoms in total. The van der Waals surface area contributed by atoms with Crippen LogP contribution in [0.5, 0.6) is 11.5 Å². The van der Waals surface area contributed by atoms with Crippen LogP contribution in [0.2, 0.25) is 0 Å². The van der Waals surface area contributed by atoms with E-state index in [-0.39, 0.29) is 18.3 Å². The summed E-state index contributed by atoms with van der Waals surface area (Å²) in [5, 5.41) is 7.15. The van der Waals surface area contributed by atoms with Gasteiger partial charge >= 0.3 is 0 Å². The van der Waals surface area contributed by atoms with Crippen molar-refractivity contribution < 1.29 is 18.7 Å². The van der Waals surface area contributed by atoms with Gasteiger partial charge in [-0.1, -0.05) is 29.8 Å². The van der Waals surface area contributed by atoms with Crippen LogP contribution in [0.25, 0.3) is 0 Å². The zero-order valence-corrected chi connectivity index (χ0v) is 17.4. The van der Waals surface area contributed by atoms with Gasteiger partial charge in [-0.2, -0.15) is 5.10 Å². The molecule has 0 bridgehead atoms. The molecule has 1 N–H and O–H groups in total. The van der Waals surface area contributed by atoms with Crippen LogP contribution >= 0.6 is 0 Å². The van der Waals surface area contributed by atoms with Gasteiger partial charge in [-0.05, 0) is 48.9 Å². The number of aryl methyl sites for hydroxylation is 1. The second kappa shape index (κ2) is 9.21. The Morgan fingerprint density at radius 1 is 1.00 bits per heavy atom. The van der Waals surface area contributed by atoms with Crippen LogP contribution in [-0.4, -0.2) is 22.8 Å². The van der Waals surface area contributed by atoms with Crippen LogP contribution in [0.15, 0.2) is 77.3 Å². The Kier molecular flexibility index (Phi) is 6.03. The molecule has 0 aliphatic heterocycles. The SMILES string of the molecule is COc1ccc(OCc2ccc(C(=O)Nc3ccn(Cc4ccc(C)cc4)n3)o2)cc1. The fraction of sp³-hybridized carbons (Fsp3) is 0.167. The molecule has 2 aromatic carbocycles. The summed E-state index contributed by atoms with van der Waals surface area (Å²) in [6, 6.07) is 20.6. The average molecular weight is 417 g/mol. The van der Waals surface area contributed by atoms with Crippen LogP contribution < -0.4 is 14.8 Å². The van der Waals surface area contributed by atoms with Gasteiger partial charge in [0.15, 0.2) is 11.6 Å². The maximum absolute atomic E-state index is 12.5. The first-order chi connectivity index (χ1) is 15.1. The van der Waals surface area contributed by atoms with E-state index in [1.54, 1.807) is 30.0 Å². The van der Waals surface area contributed by atoms with Gasteiger partial charge in [0.05, 0.1) is 13.7 Å². The predicted molar refractivity (Wildman–Crippen MR) is 116 cm³/mol. The van der Waals surface area contributed by atoms with Gasteiger partial charge in [-0.3, -0.25) is 9.48 Å². The molecule has 31 heavy (non-hydrogen) atoms. The molecule has 0 atom stereocenters. The molecule has 4 aromatic rings. The van der Waals surface area contributed by atoms with E-state index >= 15 is 0 Å². The lowest BCUT2D eigenvalue weighted by atomic mass is 10.1. The van der Waals surface area contributed by atoms with Gasteiger partial charge in [-0.25, -0.2) is 0 Å². The lowest BCUT2D eigenvalue weighted by Crippen LogP contribution is -2.12. The summed E-state index contributed by atoms with van der Waals surface area (Å²) in [6.45, 7) is 2.89. The van der Waals surface area contributed by atoms with Crippen molar-refractivity contribution in [1.29, 1.82) is 0 Å². The Morgan fingerprint density at radius 3 is 2.48 bits per heavy atom. The van der Waals surface area contributed by atoms with Crippen molar-refractivity contribution in [2.75, 3.05) is 12.4 Å². The number of amides is 1. The number of aromatic nitrogens is 2. The minimum absolute atomic E-state index is 0.196. The van der Waals surface area contributed by atoms with Crippen molar-refractivity contribution in [3.8, 4) is 11.5 Å². The number of furan rings is 1.